The fraction of sp³-hybridized carbons (Fsp3) is 0.0833. The van der Waals surface area contributed by atoms with E-state index in [0.717, 1.165) is 67.7 Å². The van der Waals surface area contributed by atoms with E-state index in [2.05, 4.69) is 140 Å². The van der Waals surface area contributed by atoms with Crippen LogP contribution in [-0.4, -0.2) is 35.6 Å². The third-order valence-electron chi connectivity index (χ3n) is 10.3. The minimum atomic E-state index is -0.0873. The van der Waals surface area contributed by atoms with Gasteiger partial charge >= 0.3 is 0 Å². The summed E-state index contributed by atoms with van der Waals surface area (Å²) in [6, 6.07) is 54.4. The van der Waals surface area contributed by atoms with Gasteiger partial charge in [-0.05, 0) is 46.5 Å². The number of hydrogen-bond donors (Lipinski definition) is 1. The van der Waals surface area contributed by atoms with Gasteiger partial charge in [0.1, 0.15) is 0 Å². The van der Waals surface area contributed by atoms with Crippen LogP contribution in [0.1, 0.15) is 45.0 Å². The van der Waals surface area contributed by atoms with Crippen LogP contribution < -0.4 is 0 Å². The molecule has 2 aliphatic rings. The lowest BCUT2D eigenvalue weighted by atomic mass is 9.96. The molecule has 272 valence electrons. The van der Waals surface area contributed by atoms with Crippen molar-refractivity contribution in [1.82, 2.24) is 19.1 Å². The SMILES string of the molecule is ClCc1ncn2c1CN=C(c1ccccc1)c1cc(-c3ccccc3)ccc1-2.OCc1ncn2c1CN=C(c1ccccc1)c1cc(-c3ccccc3)ccc1-2. The van der Waals surface area contributed by atoms with E-state index in [-0.39, 0.29) is 6.61 Å². The van der Waals surface area contributed by atoms with Crippen LogP contribution in [0.15, 0.2) is 180 Å². The maximum Gasteiger partial charge on any atom is 0.0999 e. The Morgan fingerprint density at radius 3 is 1.27 bits per heavy atom. The first-order valence-corrected chi connectivity index (χ1v) is 19.1. The van der Waals surface area contributed by atoms with Crippen molar-refractivity contribution in [3.05, 3.63) is 215 Å². The summed E-state index contributed by atoms with van der Waals surface area (Å²) < 4.78 is 4.18. The summed E-state index contributed by atoms with van der Waals surface area (Å²) in [7, 11) is 0. The highest BCUT2D eigenvalue weighted by Crippen LogP contribution is 2.33. The van der Waals surface area contributed by atoms with Crippen molar-refractivity contribution in [2.75, 3.05) is 0 Å². The van der Waals surface area contributed by atoms with E-state index < -0.39 is 0 Å². The molecule has 10 rings (SSSR count). The number of aliphatic hydroxyl groups excluding tert-OH is 1. The third kappa shape index (κ3) is 6.68. The van der Waals surface area contributed by atoms with Crippen LogP contribution in [-0.2, 0) is 25.6 Å². The zero-order valence-electron chi connectivity index (χ0n) is 30.5. The predicted molar refractivity (Wildman–Crippen MR) is 225 cm³/mol. The monoisotopic (exact) mass is 748 g/mol. The first-order chi connectivity index (χ1) is 27.7. The molecule has 6 aromatic carbocycles. The molecule has 0 bridgehead atoms. The fourth-order valence-electron chi connectivity index (χ4n) is 7.47. The standard InChI is InChI=1S/C24H18ClN3.C24H19N3O/c25-14-21-23-15-26-24(18-9-5-2-6-10-18)20-13-19(17-7-3-1-4-8-17)11-12-22(20)28(23)16-27-21;28-15-21-23-14-25-24(18-9-5-2-6-10-18)20-13-19(17-7-3-1-4-8-17)11-12-22(20)27(23)16-26-21/h1-13,16H,14-15H2;1-13,16,28H,14-15H2. The number of aliphatic hydroxyl groups is 1. The number of aliphatic imine (C=N–C) groups is 2. The average molecular weight is 749 g/mol. The normalized spacial score (nSPS) is 12.7. The number of imidazole rings is 2. The van der Waals surface area contributed by atoms with E-state index in [9.17, 15) is 5.11 Å². The first-order valence-electron chi connectivity index (χ1n) is 18.6. The predicted octanol–water partition coefficient (Wildman–Crippen LogP) is 10.0. The van der Waals surface area contributed by atoms with Crippen molar-refractivity contribution in [2.24, 2.45) is 9.98 Å². The Morgan fingerprint density at radius 1 is 0.464 bits per heavy atom. The van der Waals surface area contributed by atoms with Crippen LogP contribution in [0.3, 0.4) is 0 Å². The molecular formula is C48H37ClN6O. The highest BCUT2D eigenvalue weighted by atomic mass is 35.5. The molecule has 0 unspecified atom stereocenters. The number of benzene rings is 6. The lowest BCUT2D eigenvalue weighted by molar-refractivity contribution is 0.276. The molecule has 0 radical (unpaired) electrons. The number of rotatable bonds is 6. The van der Waals surface area contributed by atoms with Gasteiger partial charge in [0.25, 0.3) is 0 Å². The minimum Gasteiger partial charge on any atom is -0.390 e. The Balaban J connectivity index is 0.000000146. The van der Waals surface area contributed by atoms with Crippen molar-refractivity contribution in [3.8, 4) is 33.6 Å². The Morgan fingerprint density at radius 2 is 0.857 bits per heavy atom. The maximum absolute atomic E-state index is 9.67. The molecule has 4 heterocycles. The third-order valence-corrected chi connectivity index (χ3v) is 10.5. The molecular weight excluding hydrogens is 712 g/mol. The van der Waals surface area contributed by atoms with Crippen molar-refractivity contribution in [2.45, 2.75) is 25.6 Å². The minimum absolute atomic E-state index is 0.0873. The number of alkyl halides is 1. The smallest absolute Gasteiger partial charge is 0.0999 e. The Bertz CT molecular complexity index is 2510. The zero-order chi connectivity index (χ0) is 37.8. The van der Waals surface area contributed by atoms with Crippen LogP contribution in [0.4, 0.5) is 0 Å². The van der Waals surface area contributed by atoms with E-state index in [1.807, 2.05) is 42.7 Å². The Labute approximate surface area is 330 Å². The molecule has 1 N–H and O–H groups in total. The molecule has 0 saturated carbocycles. The highest BCUT2D eigenvalue weighted by molar-refractivity contribution is 6.17. The largest absolute Gasteiger partial charge is 0.390 e. The van der Waals surface area contributed by atoms with Gasteiger partial charge in [-0.1, -0.05) is 133 Å². The molecule has 0 atom stereocenters. The van der Waals surface area contributed by atoms with Gasteiger partial charge in [0.15, 0.2) is 0 Å². The van der Waals surface area contributed by atoms with Crippen molar-refractivity contribution >= 4 is 23.0 Å². The van der Waals surface area contributed by atoms with Gasteiger partial charge < -0.3 is 14.2 Å². The van der Waals surface area contributed by atoms with Gasteiger partial charge in [0, 0.05) is 22.3 Å². The molecule has 8 heteroatoms. The summed E-state index contributed by atoms with van der Waals surface area (Å²) in [4.78, 5) is 18.8. The summed E-state index contributed by atoms with van der Waals surface area (Å²) in [5, 5.41) is 9.67. The van der Waals surface area contributed by atoms with Gasteiger partial charge in [0.2, 0.25) is 0 Å². The average Bonchev–Trinajstić information content (AvgIpc) is 3.79. The summed E-state index contributed by atoms with van der Waals surface area (Å²) in [5.41, 5.74) is 16.7. The number of nitrogens with zero attached hydrogens (tertiary/aromatic N) is 6. The molecule has 0 fully saturated rings. The van der Waals surface area contributed by atoms with Crippen LogP contribution >= 0.6 is 11.6 Å². The quantitative estimate of drug-likeness (QED) is 0.172. The second-order valence-corrected chi connectivity index (χ2v) is 13.8. The molecule has 8 aromatic rings. The number of fused-ring (bicyclic) bond motifs is 6. The Kier molecular flexibility index (Phi) is 9.76. The van der Waals surface area contributed by atoms with E-state index in [4.69, 9.17) is 21.6 Å². The molecule has 2 aromatic heterocycles. The van der Waals surface area contributed by atoms with Gasteiger partial charge in [-0.15, -0.1) is 11.6 Å². The zero-order valence-corrected chi connectivity index (χ0v) is 31.3. The van der Waals surface area contributed by atoms with Gasteiger partial charge in [-0.3, -0.25) is 9.98 Å². The van der Waals surface area contributed by atoms with E-state index in [1.165, 1.54) is 16.7 Å². The Hall–Kier alpha value is -6.67. The van der Waals surface area contributed by atoms with Crippen molar-refractivity contribution < 1.29 is 5.11 Å². The molecule has 0 spiro atoms. The van der Waals surface area contributed by atoms with Gasteiger partial charge in [0.05, 0.1) is 83.8 Å². The summed E-state index contributed by atoms with van der Waals surface area (Å²) >= 11 is 6.12. The summed E-state index contributed by atoms with van der Waals surface area (Å²) in [6.45, 7) is 0.951. The second-order valence-electron chi connectivity index (χ2n) is 13.6. The molecule has 2 aliphatic heterocycles. The topological polar surface area (TPSA) is 80.6 Å². The van der Waals surface area contributed by atoms with Gasteiger partial charge in [-0.25, -0.2) is 9.97 Å². The number of hydrogen-bond acceptors (Lipinski definition) is 5. The van der Waals surface area contributed by atoms with Crippen molar-refractivity contribution in [1.29, 1.82) is 0 Å². The molecule has 0 saturated heterocycles. The second kappa shape index (κ2) is 15.6. The highest BCUT2D eigenvalue weighted by Gasteiger charge is 2.23. The maximum atomic E-state index is 9.67. The fourth-order valence-corrected chi connectivity index (χ4v) is 7.69. The summed E-state index contributed by atoms with van der Waals surface area (Å²) in [6.07, 6.45) is 3.64. The summed E-state index contributed by atoms with van der Waals surface area (Å²) in [5.74, 6) is 0.385. The lowest BCUT2D eigenvalue weighted by Crippen LogP contribution is -2.07. The molecule has 0 amide bonds. The van der Waals surface area contributed by atoms with E-state index in [0.29, 0.717) is 24.7 Å². The molecule has 0 aliphatic carbocycles. The molecule has 56 heavy (non-hydrogen) atoms. The van der Waals surface area contributed by atoms with Crippen LogP contribution in [0.5, 0.6) is 0 Å². The molecule has 7 nitrogen and oxygen atoms in total. The first kappa shape index (κ1) is 35.1. The van der Waals surface area contributed by atoms with Crippen LogP contribution in [0.2, 0.25) is 0 Å². The van der Waals surface area contributed by atoms with Crippen LogP contribution in [0, 0.1) is 0 Å². The van der Waals surface area contributed by atoms with E-state index in [1.54, 1.807) is 6.33 Å². The lowest BCUT2D eigenvalue weighted by Gasteiger charge is -2.14. The van der Waals surface area contributed by atoms with Crippen molar-refractivity contribution in [3.63, 3.8) is 0 Å². The number of aromatic nitrogens is 4. The van der Waals surface area contributed by atoms with E-state index >= 15 is 0 Å². The van der Waals surface area contributed by atoms with Gasteiger partial charge in [-0.2, -0.15) is 0 Å². The number of halogens is 1. The van der Waals surface area contributed by atoms with Crippen LogP contribution in [0.25, 0.3) is 33.6 Å².